The molecule has 2 N–H and O–H groups in total. The Balaban J connectivity index is 1.95. The normalized spacial score (nSPS) is 21.4. The standard InChI is InChI=1S/C28H43NO4/c1-7-8-9-10-13-27(2,3)20-17-23(32-6)25-21-16-19(26(31)29-14-15-30)11-12-22(21)28(4,5)33-24(25)18-20/h11,17-18,21-22,30H,7-10,12-16H2,1-6H3,(H,29,31)/t21-,22-/m1/s1. The van der Waals surface area contributed by atoms with E-state index < -0.39 is 0 Å². The molecule has 1 aliphatic carbocycles. The summed E-state index contributed by atoms with van der Waals surface area (Å²) in [6, 6.07) is 4.42. The summed E-state index contributed by atoms with van der Waals surface area (Å²) < 4.78 is 12.6. The van der Waals surface area contributed by atoms with Crippen LogP contribution in [-0.4, -0.2) is 36.9 Å². The van der Waals surface area contributed by atoms with E-state index in [2.05, 4.69) is 52.1 Å². The summed E-state index contributed by atoms with van der Waals surface area (Å²) in [6.07, 6.45) is 9.62. The number of hydrogen-bond donors (Lipinski definition) is 2. The van der Waals surface area contributed by atoms with Gasteiger partial charge in [0.05, 0.1) is 13.7 Å². The van der Waals surface area contributed by atoms with E-state index in [1.165, 1.54) is 31.2 Å². The van der Waals surface area contributed by atoms with Crippen LogP contribution in [0.3, 0.4) is 0 Å². The number of amides is 1. The molecule has 5 nitrogen and oxygen atoms in total. The first-order chi connectivity index (χ1) is 15.6. The molecular formula is C28H43NO4. The molecular weight excluding hydrogens is 414 g/mol. The molecule has 0 fully saturated rings. The second-order valence-corrected chi connectivity index (χ2v) is 10.9. The molecule has 1 heterocycles. The molecule has 33 heavy (non-hydrogen) atoms. The largest absolute Gasteiger partial charge is 0.496 e. The molecule has 1 amide bonds. The summed E-state index contributed by atoms with van der Waals surface area (Å²) in [6.45, 7) is 11.4. The van der Waals surface area contributed by atoms with Crippen LogP contribution in [0.25, 0.3) is 0 Å². The lowest BCUT2D eigenvalue weighted by molar-refractivity contribution is -0.118. The van der Waals surface area contributed by atoms with Crippen LogP contribution in [0.2, 0.25) is 0 Å². The molecule has 1 aliphatic heterocycles. The highest BCUT2D eigenvalue weighted by molar-refractivity contribution is 5.93. The Morgan fingerprint density at radius 2 is 2.03 bits per heavy atom. The predicted molar refractivity (Wildman–Crippen MR) is 133 cm³/mol. The van der Waals surface area contributed by atoms with E-state index in [1.54, 1.807) is 7.11 Å². The fourth-order valence-corrected chi connectivity index (χ4v) is 5.54. The monoisotopic (exact) mass is 457 g/mol. The topological polar surface area (TPSA) is 67.8 Å². The van der Waals surface area contributed by atoms with Crippen molar-refractivity contribution in [3.8, 4) is 11.5 Å². The van der Waals surface area contributed by atoms with Crippen molar-refractivity contribution in [3.05, 3.63) is 34.9 Å². The Hall–Kier alpha value is -2.01. The minimum Gasteiger partial charge on any atom is -0.496 e. The lowest BCUT2D eigenvalue weighted by Crippen LogP contribution is -2.46. The molecule has 184 valence electrons. The van der Waals surface area contributed by atoms with Crippen LogP contribution < -0.4 is 14.8 Å². The van der Waals surface area contributed by atoms with Crippen molar-refractivity contribution in [2.75, 3.05) is 20.3 Å². The lowest BCUT2D eigenvalue weighted by atomic mass is 9.66. The van der Waals surface area contributed by atoms with Gasteiger partial charge in [-0.3, -0.25) is 4.79 Å². The molecule has 0 unspecified atom stereocenters. The number of methoxy groups -OCH3 is 1. The number of nitrogens with one attached hydrogen (secondary N) is 1. The van der Waals surface area contributed by atoms with E-state index >= 15 is 0 Å². The Morgan fingerprint density at radius 3 is 2.70 bits per heavy atom. The van der Waals surface area contributed by atoms with Crippen molar-refractivity contribution in [1.82, 2.24) is 5.32 Å². The van der Waals surface area contributed by atoms with Crippen LogP contribution in [0.1, 0.15) is 96.6 Å². The number of aliphatic hydroxyl groups excluding tert-OH is 1. The fraction of sp³-hybridized carbons (Fsp3) is 0.679. The second-order valence-electron chi connectivity index (χ2n) is 10.9. The van der Waals surface area contributed by atoms with E-state index in [9.17, 15) is 4.79 Å². The highest BCUT2D eigenvalue weighted by atomic mass is 16.5. The number of hydrogen-bond acceptors (Lipinski definition) is 4. The SMILES string of the molecule is CCCCCCC(C)(C)c1cc(OC)c2c(c1)OC(C)(C)[C@@H]1CC=C(C(=O)NCCO)C[C@@H]21. The van der Waals surface area contributed by atoms with Crippen LogP contribution in [0, 0.1) is 5.92 Å². The van der Waals surface area contributed by atoms with Crippen molar-refractivity contribution in [3.63, 3.8) is 0 Å². The molecule has 0 spiro atoms. The van der Waals surface area contributed by atoms with Crippen molar-refractivity contribution in [2.24, 2.45) is 5.92 Å². The zero-order valence-corrected chi connectivity index (χ0v) is 21.4. The lowest BCUT2D eigenvalue weighted by Gasteiger charge is -2.47. The Bertz CT molecular complexity index is 871. The number of unbranched alkanes of at least 4 members (excludes halogenated alkanes) is 3. The van der Waals surface area contributed by atoms with Gasteiger partial charge in [0.25, 0.3) is 0 Å². The summed E-state index contributed by atoms with van der Waals surface area (Å²) in [5.74, 6) is 2.10. The van der Waals surface area contributed by atoms with Crippen LogP contribution in [-0.2, 0) is 10.2 Å². The second kappa shape index (κ2) is 10.5. The minimum absolute atomic E-state index is 0.0300. The van der Waals surface area contributed by atoms with Crippen LogP contribution in [0.4, 0.5) is 0 Å². The van der Waals surface area contributed by atoms with Crippen LogP contribution in [0.15, 0.2) is 23.8 Å². The van der Waals surface area contributed by atoms with E-state index in [0.717, 1.165) is 35.5 Å². The number of aliphatic hydroxyl groups is 1. The maximum Gasteiger partial charge on any atom is 0.246 e. The molecule has 0 radical (unpaired) electrons. The molecule has 3 rings (SSSR count). The van der Waals surface area contributed by atoms with Gasteiger partial charge < -0.3 is 19.9 Å². The van der Waals surface area contributed by atoms with Gasteiger partial charge >= 0.3 is 0 Å². The maximum absolute atomic E-state index is 12.6. The van der Waals surface area contributed by atoms with Crippen LogP contribution in [0.5, 0.6) is 11.5 Å². The molecule has 2 atom stereocenters. The van der Waals surface area contributed by atoms with Gasteiger partial charge in [-0.25, -0.2) is 0 Å². The third-order valence-corrected chi connectivity index (χ3v) is 7.63. The summed E-state index contributed by atoms with van der Waals surface area (Å²) in [5.41, 5.74) is 2.82. The smallest absolute Gasteiger partial charge is 0.246 e. The summed E-state index contributed by atoms with van der Waals surface area (Å²) in [7, 11) is 1.73. The summed E-state index contributed by atoms with van der Waals surface area (Å²) in [4.78, 5) is 12.6. The molecule has 0 bridgehead atoms. The molecule has 0 aromatic heterocycles. The van der Waals surface area contributed by atoms with Crippen molar-refractivity contribution in [2.45, 2.75) is 96.5 Å². The van der Waals surface area contributed by atoms with Gasteiger partial charge in [0.2, 0.25) is 5.91 Å². The molecule has 1 aromatic carbocycles. The number of carbonyl (C=O) groups excluding carboxylic acids is 1. The van der Waals surface area contributed by atoms with Crippen LogP contribution >= 0.6 is 0 Å². The zero-order chi connectivity index (χ0) is 24.2. The highest BCUT2D eigenvalue weighted by Gasteiger charge is 2.47. The van der Waals surface area contributed by atoms with E-state index in [4.69, 9.17) is 14.6 Å². The number of benzene rings is 1. The minimum atomic E-state index is -0.337. The van der Waals surface area contributed by atoms with Crippen molar-refractivity contribution in [1.29, 1.82) is 0 Å². The summed E-state index contributed by atoms with van der Waals surface area (Å²) in [5, 5.41) is 11.9. The summed E-state index contributed by atoms with van der Waals surface area (Å²) >= 11 is 0. The third kappa shape index (κ3) is 5.56. The maximum atomic E-state index is 12.6. The van der Waals surface area contributed by atoms with Crippen molar-refractivity contribution < 1.29 is 19.4 Å². The molecule has 2 aliphatic rings. The Kier molecular flexibility index (Phi) is 8.15. The Morgan fingerprint density at radius 1 is 1.27 bits per heavy atom. The van der Waals surface area contributed by atoms with Gasteiger partial charge in [0.15, 0.2) is 0 Å². The quantitative estimate of drug-likeness (QED) is 0.446. The van der Waals surface area contributed by atoms with Gasteiger partial charge in [0.1, 0.15) is 17.1 Å². The predicted octanol–water partition coefficient (Wildman–Crippen LogP) is 5.64. The first-order valence-electron chi connectivity index (χ1n) is 12.6. The molecule has 5 heteroatoms. The number of ether oxygens (including phenoxy) is 2. The van der Waals surface area contributed by atoms with Gasteiger partial charge in [-0.15, -0.1) is 0 Å². The number of fused-ring (bicyclic) bond motifs is 3. The van der Waals surface area contributed by atoms with Gasteiger partial charge in [0, 0.05) is 29.5 Å². The van der Waals surface area contributed by atoms with Gasteiger partial charge in [-0.05, 0) is 56.2 Å². The molecule has 1 aromatic rings. The average molecular weight is 458 g/mol. The van der Waals surface area contributed by atoms with E-state index in [-0.39, 0.29) is 41.9 Å². The number of rotatable bonds is 10. The zero-order valence-electron chi connectivity index (χ0n) is 21.4. The number of carbonyl (C=O) groups is 1. The molecule has 0 saturated heterocycles. The first-order valence-corrected chi connectivity index (χ1v) is 12.6. The van der Waals surface area contributed by atoms with Gasteiger partial charge in [-0.1, -0.05) is 52.5 Å². The van der Waals surface area contributed by atoms with Crippen molar-refractivity contribution >= 4 is 5.91 Å². The van der Waals surface area contributed by atoms with E-state index in [0.29, 0.717) is 6.42 Å². The molecule has 0 saturated carbocycles. The van der Waals surface area contributed by atoms with Gasteiger partial charge in [-0.2, -0.15) is 0 Å². The highest BCUT2D eigenvalue weighted by Crippen LogP contribution is 2.55. The third-order valence-electron chi connectivity index (χ3n) is 7.63. The Labute approximate surface area is 199 Å². The van der Waals surface area contributed by atoms with E-state index in [1.807, 2.05) is 6.08 Å². The number of allylic oxidation sites excluding steroid dienone is 1. The first kappa shape index (κ1) is 25.6. The fourth-order valence-electron chi connectivity index (χ4n) is 5.54. The average Bonchev–Trinajstić information content (AvgIpc) is 2.78.